The van der Waals surface area contributed by atoms with E-state index >= 15 is 0 Å². The van der Waals surface area contributed by atoms with Crippen molar-refractivity contribution in [3.05, 3.63) is 58.1 Å². The second kappa shape index (κ2) is 7.59. The maximum absolute atomic E-state index is 13.7. The lowest BCUT2D eigenvalue weighted by Crippen LogP contribution is -2.27. The fraction of sp³-hybridized carbons (Fsp3) is 0.250. The van der Waals surface area contributed by atoms with E-state index in [1.54, 1.807) is 19.1 Å². The first-order chi connectivity index (χ1) is 11.6. The zero-order valence-corrected chi connectivity index (χ0v) is 16.2. The fourth-order valence-electron chi connectivity index (χ4n) is 2.08. The van der Waals surface area contributed by atoms with Gasteiger partial charge in [-0.1, -0.05) is 12.1 Å². The normalized spacial score (nSPS) is 12.9. The molecule has 1 N–H and O–H groups in total. The van der Waals surface area contributed by atoms with E-state index in [2.05, 4.69) is 26.2 Å². The Morgan fingerprint density at radius 1 is 1.28 bits per heavy atom. The molecule has 134 valence electrons. The number of hydrogen-bond donors (Lipinski definition) is 1. The fourth-order valence-corrected chi connectivity index (χ4v) is 3.32. The van der Waals surface area contributed by atoms with Crippen LogP contribution in [0.1, 0.15) is 28.9 Å². The second-order valence-corrected chi connectivity index (χ2v) is 8.50. The van der Waals surface area contributed by atoms with Crippen molar-refractivity contribution in [1.29, 1.82) is 0 Å². The Hall–Kier alpha value is -1.84. The van der Waals surface area contributed by atoms with Crippen LogP contribution in [0.3, 0.4) is 0 Å². The number of sulfonamides is 1. The predicted molar refractivity (Wildman–Crippen MR) is 95.1 cm³/mol. The number of hydrogen-bond acceptors (Lipinski definition) is 4. The number of pyridine rings is 1. The van der Waals surface area contributed by atoms with E-state index in [4.69, 9.17) is 0 Å². The number of amides is 1. The van der Waals surface area contributed by atoms with Gasteiger partial charge in [-0.05, 0) is 46.6 Å². The highest BCUT2D eigenvalue weighted by atomic mass is 79.9. The van der Waals surface area contributed by atoms with Crippen molar-refractivity contribution in [2.75, 3.05) is 14.1 Å². The molecule has 0 aliphatic carbocycles. The third-order valence-electron chi connectivity index (χ3n) is 3.57. The first kappa shape index (κ1) is 19.5. The molecule has 0 bridgehead atoms. The van der Waals surface area contributed by atoms with E-state index < -0.39 is 27.8 Å². The molecule has 0 radical (unpaired) electrons. The van der Waals surface area contributed by atoms with Gasteiger partial charge in [-0.3, -0.25) is 4.79 Å². The molecular formula is C16H17BrFN3O3S. The third kappa shape index (κ3) is 4.42. The van der Waals surface area contributed by atoms with Crippen LogP contribution in [0.25, 0.3) is 0 Å². The van der Waals surface area contributed by atoms with E-state index in [9.17, 15) is 17.6 Å². The maximum atomic E-state index is 13.7. The number of rotatable bonds is 5. The van der Waals surface area contributed by atoms with Crippen LogP contribution in [0.15, 0.2) is 46.0 Å². The van der Waals surface area contributed by atoms with Gasteiger partial charge in [0.1, 0.15) is 4.60 Å². The summed E-state index contributed by atoms with van der Waals surface area (Å²) in [6, 6.07) is 7.02. The van der Waals surface area contributed by atoms with Crippen molar-refractivity contribution in [2.45, 2.75) is 17.9 Å². The molecule has 1 aromatic carbocycles. The molecule has 0 unspecified atom stereocenters. The number of carbonyl (C=O) groups excluding carboxylic acids is 1. The number of carbonyl (C=O) groups is 1. The minimum Gasteiger partial charge on any atom is -0.345 e. The van der Waals surface area contributed by atoms with Crippen molar-refractivity contribution in [3.8, 4) is 0 Å². The van der Waals surface area contributed by atoms with Crippen LogP contribution in [0.2, 0.25) is 0 Å². The van der Waals surface area contributed by atoms with Gasteiger partial charge in [-0.25, -0.2) is 22.1 Å². The average Bonchev–Trinajstić information content (AvgIpc) is 2.56. The van der Waals surface area contributed by atoms with E-state index in [0.717, 1.165) is 10.5 Å². The molecule has 2 aromatic rings. The van der Waals surface area contributed by atoms with Gasteiger partial charge in [0.15, 0.2) is 5.82 Å². The zero-order chi connectivity index (χ0) is 18.8. The Labute approximate surface area is 154 Å². The topological polar surface area (TPSA) is 79.4 Å². The molecule has 9 heteroatoms. The molecule has 0 spiro atoms. The van der Waals surface area contributed by atoms with E-state index in [1.807, 2.05) is 0 Å². The average molecular weight is 430 g/mol. The second-order valence-electron chi connectivity index (χ2n) is 5.54. The van der Waals surface area contributed by atoms with Gasteiger partial charge in [0.05, 0.1) is 22.7 Å². The van der Waals surface area contributed by atoms with Crippen molar-refractivity contribution in [3.63, 3.8) is 0 Å². The largest absolute Gasteiger partial charge is 0.345 e. The summed E-state index contributed by atoms with van der Waals surface area (Å²) in [5, 5.41) is 2.67. The smallest absolute Gasteiger partial charge is 0.254 e. The number of aromatic nitrogens is 1. The van der Waals surface area contributed by atoms with Crippen LogP contribution in [-0.2, 0) is 10.0 Å². The predicted octanol–water partition coefficient (Wildman–Crippen LogP) is 2.72. The summed E-state index contributed by atoms with van der Waals surface area (Å²) >= 11 is 3.10. The lowest BCUT2D eigenvalue weighted by atomic mass is 10.1. The molecule has 0 saturated heterocycles. The number of benzene rings is 1. The first-order valence-electron chi connectivity index (χ1n) is 7.27. The van der Waals surface area contributed by atoms with E-state index in [-0.39, 0.29) is 10.5 Å². The summed E-state index contributed by atoms with van der Waals surface area (Å²) in [5.74, 6) is -1.31. The number of nitrogens with one attached hydrogen (secondary N) is 1. The standard InChI is InChI=1S/C16H17BrFN3O3S/c1-10(20-16(22)13-8-15(17)19-9-14(13)18)11-4-6-12(7-5-11)25(23,24)21(2)3/h4-10H,1-3H3,(H,20,22)/t10-/m0/s1. The quantitative estimate of drug-likeness (QED) is 0.740. The molecule has 0 aliphatic heterocycles. The molecule has 6 nitrogen and oxygen atoms in total. The van der Waals surface area contributed by atoms with Crippen LogP contribution in [0.4, 0.5) is 4.39 Å². The van der Waals surface area contributed by atoms with E-state index in [1.165, 1.54) is 32.3 Å². The van der Waals surface area contributed by atoms with Gasteiger partial charge in [-0.2, -0.15) is 0 Å². The monoisotopic (exact) mass is 429 g/mol. The van der Waals surface area contributed by atoms with Gasteiger partial charge < -0.3 is 5.32 Å². The molecule has 0 saturated carbocycles. The summed E-state index contributed by atoms with van der Waals surface area (Å²) in [7, 11) is -0.608. The Bertz CT molecular complexity index is 886. The highest BCUT2D eigenvalue weighted by Crippen LogP contribution is 2.19. The molecule has 1 aromatic heterocycles. The van der Waals surface area contributed by atoms with Crippen LogP contribution < -0.4 is 5.32 Å². The molecule has 25 heavy (non-hydrogen) atoms. The molecule has 1 heterocycles. The van der Waals surface area contributed by atoms with Gasteiger partial charge in [0.25, 0.3) is 5.91 Å². The van der Waals surface area contributed by atoms with Gasteiger partial charge >= 0.3 is 0 Å². The summed E-state index contributed by atoms with van der Waals surface area (Å²) in [6.45, 7) is 1.72. The molecule has 0 aliphatic rings. The lowest BCUT2D eigenvalue weighted by Gasteiger charge is -2.16. The Balaban J connectivity index is 2.17. The molecule has 1 amide bonds. The minimum absolute atomic E-state index is 0.125. The summed E-state index contributed by atoms with van der Waals surface area (Å²) < 4.78 is 39.3. The number of halogens is 2. The SMILES string of the molecule is C[C@H](NC(=O)c1cc(Br)ncc1F)c1ccc(S(=O)(=O)N(C)C)cc1. The highest BCUT2D eigenvalue weighted by molar-refractivity contribution is 9.10. The number of nitrogens with zero attached hydrogens (tertiary/aromatic N) is 2. The van der Waals surface area contributed by atoms with Gasteiger partial charge in [0.2, 0.25) is 10.0 Å². The summed E-state index contributed by atoms with van der Waals surface area (Å²) in [4.78, 5) is 16.1. The highest BCUT2D eigenvalue weighted by Gasteiger charge is 2.19. The molecule has 1 atom stereocenters. The lowest BCUT2D eigenvalue weighted by molar-refractivity contribution is 0.0935. The minimum atomic E-state index is -3.51. The van der Waals surface area contributed by atoms with Crippen LogP contribution in [-0.4, -0.2) is 37.7 Å². The Morgan fingerprint density at radius 2 is 1.88 bits per heavy atom. The van der Waals surface area contributed by atoms with Crippen molar-refractivity contribution >= 4 is 31.9 Å². The van der Waals surface area contributed by atoms with Gasteiger partial charge in [-0.15, -0.1) is 0 Å². The van der Waals surface area contributed by atoms with Crippen LogP contribution >= 0.6 is 15.9 Å². The van der Waals surface area contributed by atoms with Crippen molar-refractivity contribution in [1.82, 2.24) is 14.6 Å². The van der Waals surface area contributed by atoms with Crippen LogP contribution in [0, 0.1) is 5.82 Å². The molecular weight excluding hydrogens is 413 g/mol. The zero-order valence-electron chi connectivity index (χ0n) is 13.8. The summed E-state index contributed by atoms with van der Waals surface area (Å²) in [5.41, 5.74) is 0.570. The third-order valence-corrected chi connectivity index (χ3v) is 5.84. The van der Waals surface area contributed by atoms with Crippen molar-refractivity contribution < 1.29 is 17.6 Å². The van der Waals surface area contributed by atoms with Crippen LogP contribution in [0.5, 0.6) is 0 Å². The van der Waals surface area contributed by atoms with E-state index in [0.29, 0.717) is 10.2 Å². The molecule has 0 fully saturated rings. The maximum Gasteiger partial charge on any atom is 0.254 e. The Morgan fingerprint density at radius 3 is 2.44 bits per heavy atom. The molecule has 2 rings (SSSR count). The van der Waals surface area contributed by atoms with Crippen molar-refractivity contribution in [2.24, 2.45) is 0 Å². The summed E-state index contributed by atoms with van der Waals surface area (Å²) in [6.07, 6.45) is 0.963. The first-order valence-corrected chi connectivity index (χ1v) is 9.50. The Kier molecular flexibility index (Phi) is 5.91. The van der Waals surface area contributed by atoms with Gasteiger partial charge in [0, 0.05) is 14.1 Å².